The predicted octanol–water partition coefficient (Wildman–Crippen LogP) is 2.79. The van der Waals surface area contributed by atoms with Gasteiger partial charge in [-0.3, -0.25) is 4.79 Å². The van der Waals surface area contributed by atoms with E-state index in [9.17, 15) is 4.79 Å². The van der Waals surface area contributed by atoms with E-state index in [1.807, 2.05) is 31.2 Å². The molecule has 0 spiro atoms. The van der Waals surface area contributed by atoms with E-state index in [4.69, 9.17) is 5.73 Å². The molecule has 2 rings (SSSR count). The van der Waals surface area contributed by atoms with E-state index in [2.05, 4.69) is 11.9 Å². The summed E-state index contributed by atoms with van der Waals surface area (Å²) in [6.07, 6.45) is 1.68. The van der Waals surface area contributed by atoms with Crippen molar-refractivity contribution in [1.82, 2.24) is 5.32 Å². The zero-order valence-electron chi connectivity index (χ0n) is 9.57. The minimum Gasteiger partial charge on any atom is -0.397 e. The van der Waals surface area contributed by atoms with Crippen molar-refractivity contribution in [3.8, 4) is 0 Å². The van der Waals surface area contributed by atoms with Crippen molar-refractivity contribution in [3.05, 3.63) is 41.8 Å². The van der Waals surface area contributed by atoms with Crippen LogP contribution in [0.1, 0.15) is 16.6 Å². The van der Waals surface area contributed by atoms with Crippen LogP contribution in [0, 0.1) is 0 Å². The molecule has 2 aromatic rings. The molecule has 1 aromatic carbocycles. The first kappa shape index (κ1) is 11.7. The first-order valence-electron chi connectivity index (χ1n) is 5.34. The summed E-state index contributed by atoms with van der Waals surface area (Å²) in [6, 6.07) is 7.68. The van der Waals surface area contributed by atoms with Gasteiger partial charge in [-0.1, -0.05) is 24.3 Å². The summed E-state index contributed by atoms with van der Waals surface area (Å²) >= 11 is 1.41. The molecule has 0 aliphatic heterocycles. The molecule has 3 N–H and O–H groups in total. The van der Waals surface area contributed by atoms with Crippen LogP contribution in [0.4, 0.5) is 5.69 Å². The fraction of sp³-hybridized carbons (Fsp3) is 0.154. The number of fused-ring (bicyclic) bond motifs is 1. The highest BCUT2D eigenvalue weighted by Gasteiger charge is 2.16. The van der Waals surface area contributed by atoms with Gasteiger partial charge in [-0.25, -0.2) is 0 Å². The Hall–Kier alpha value is -1.81. The molecule has 1 unspecified atom stereocenters. The molecule has 0 saturated heterocycles. The van der Waals surface area contributed by atoms with Gasteiger partial charge in [0.25, 0.3) is 5.91 Å². The van der Waals surface area contributed by atoms with E-state index in [1.165, 1.54) is 11.3 Å². The summed E-state index contributed by atoms with van der Waals surface area (Å²) in [5.74, 6) is -0.143. The largest absolute Gasteiger partial charge is 0.397 e. The van der Waals surface area contributed by atoms with Gasteiger partial charge >= 0.3 is 0 Å². The Morgan fingerprint density at radius 2 is 2.24 bits per heavy atom. The molecule has 0 radical (unpaired) electrons. The molecule has 0 bridgehead atoms. The summed E-state index contributed by atoms with van der Waals surface area (Å²) in [4.78, 5) is 12.5. The second-order valence-electron chi connectivity index (χ2n) is 3.84. The van der Waals surface area contributed by atoms with E-state index in [0.29, 0.717) is 10.6 Å². The lowest BCUT2D eigenvalue weighted by molar-refractivity contribution is 0.0952. The number of nitrogens with two attached hydrogens (primary N) is 1. The van der Waals surface area contributed by atoms with Crippen molar-refractivity contribution in [1.29, 1.82) is 0 Å². The molecule has 0 aliphatic rings. The molecule has 3 nitrogen and oxygen atoms in total. The van der Waals surface area contributed by atoms with Crippen LogP contribution in [-0.4, -0.2) is 11.9 Å². The third-order valence-corrected chi connectivity index (χ3v) is 3.74. The zero-order valence-corrected chi connectivity index (χ0v) is 10.4. The number of rotatable bonds is 3. The Morgan fingerprint density at radius 1 is 1.53 bits per heavy atom. The SMILES string of the molecule is C=CC(C)NC(=O)c1sc2ccccc2c1N. The summed E-state index contributed by atoms with van der Waals surface area (Å²) in [5, 5.41) is 3.76. The lowest BCUT2D eigenvalue weighted by Crippen LogP contribution is -2.30. The smallest absolute Gasteiger partial charge is 0.263 e. The molecular weight excluding hydrogens is 232 g/mol. The molecular formula is C13H14N2OS. The minimum atomic E-state index is -0.143. The highest BCUT2D eigenvalue weighted by molar-refractivity contribution is 7.21. The lowest BCUT2D eigenvalue weighted by Gasteiger charge is -2.07. The van der Waals surface area contributed by atoms with Gasteiger partial charge in [0.1, 0.15) is 4.88 Å². The molecule has 0 aliphatic carbocycles. The molecule has 1 heterocycles. The lowest BCUT2D eigenvalue weighted by atomic mass is 10.2. The van der Waals surface area contributed by atoms with Gasteiger partial charge in [0, 0.05) is 16.1 Å². The van der Waals surface area contributed by atoms with E-state index in [0.717, 1.165) is 10.1 Å². The summed E-state index contributed by atoms with van der Waals surface area (Å²) < 4.78 is 1.03. The first-order chi connectivity index (χ1) is 8.13. The van der Waals surface area contributed by atoms with Crippen molar-refractivity contribution < 1.29 is 4.79 Å². The second-order valence-corrected chi connectivity index (χ2v) is 4.89. The third kappa shape index (κ3) is 2.17. The second kappa shape index (κ2) is 4.59. The average molecular weight is 246 g/mol. The van der Waals surface area contributed by atoms with Crippen LogP contribution >= 0.6 is 11.3 Å². The molecule has 0 fully saturated rings. The maximum atomic E-state index is 12.0. The highest BCUT2D eigenvalue weighted by Crippen LogP contribution is 2.33. The van der Waals surface area contributed by atoms with E-state index >= 15 is 0 Å². The standard InChI is InChI=1S/C13H14N2OS/c1-3-8(2)15-13(16)12-11(14)9-6-4-5-7-10(9)17-12/h3-8H,1,14H2,2H3,(H,15,16). The van der Waals surface area contributed by atoms with Gasteiger partial charge in [-0.2, -0.15) is 0 Å². The van der Waals surface area contributed by atoms with Gasteiger partial charge in [0.05, 0.1) is 5.69 Å². The zero-order chi connectivity index (χ0) is 12.4. The predicted molar refractivity (Wildman–Crippen MR) is 73.4 cm³/mol. The Labute approximate surface area is 104 Å². The number of anilines is 1. The van der Waals surface area contributed by atoms with Crippen LogP contribution < -0.4 is 11.1 Å². The molecule has 1 atom stereocenters. The minimum absolute atomic E-state index is 0.0629. The van der Waals surface area contributed by atoms with Gasteiger partial charge in [-0.15, -0.1) is 17.9 Å². The Balaban J connectivity index is 2.39. The van der Waals surface area contributed by atoms with Crippen molar-refractivity contribution in [3.63, 3.8) is 0 Å². The highest BCUT2D eigenvalue weighted by atomic mass is 32.1. The molecule has 88 valence electrons. The molecule has 0 saturated carbocycles. The molecule has 1 amide bonds. The van der Waals surface area contributed by atoms with E-state index in [1.54, 1.807) is 6.08 Å². The van der Waals surface area contributed by atoms with Crippen LogP contribution in [0.5, 0.6) is 0 Å². The third-order valence-electron chi connectivity index (χ3n) is 2.55. The van der Waals surface area contributed by atoms with E-state index in [-0.39, 0.29) is 11.9 Å². The number of carbonyl (C=O) groups is 1. The quantitative estimate of drug-likeness (QED) is 0.818. The van der Waals surface area contributed by atoms with E-state index < -0.39 is 0 Å². The molecule has 1 aromatic heterocycles. The summed E-state index contributed by atoms with van der Waals surface area (Å²) in [5.41, 5.74) is 6.54. The van der Waals surface area contributed by atoms with Gasteiger partial charge in [0.2, 0.25) is 0 Å². The number of thiophene rings is 1. The Kier molecular flexibility index (Phi) is 3.15. The van der Waals surface area contributed by atoms with Gasteiger partial charge in [-0.05, 0) is 13.0 Å². The normalized spacial score (nSPS) is 12.3. The van der Waals surface area contributed by atoms with Crippen LogP contribution in [0.2, 0.25) is 0 Å². The van der Waals surface area contributed by atoms with Gasteiger partial charge in [0.15, 0.2) is 0 Å². The number of amides is 1. The first-order valence-corrected chi connectivity index (χ1v) is 6.15. The fourth-order valence-corrected chi connectivity index (χ4v) is 2.59. The fourth-order valence-electron chi connectivity index (χ4n) is 1.57. The monoisotopic (exact) mass is 246 g/mol. The van der Waals surface area contributed by atoms with Crippen molar-refractivity contribution >= 4 is 33.0 Å². The number of nitrogens with one attached hydrogen (secondary N) is 1. The maximum Gasteiger partial charge on any atom is 0.263 e. The number of hydrogen-bond acceptors (Lipinski definition) is 3. The van der Waals surface area contributed by atoms with Crippen LogP contribution in [0.25, 0.3) is 10.1 Å². The molecule has 17 heavy (non-hydrogen) atoms. The van der Waals surface area contributed by atoms with Crippen LogP contribution in [0.3, 0.4) is 0 Å². The molecule has 4 heteroatoms. The van der Waals surface area contributed by atoms with Crippen molar-refractivity contribution in [2.75, 3.05) is 5.73 Å². The number of carbonyl (C=O) groups excluding carboxylic acids is 1. The number of benzene rings is 1. The van der Waals surface area contributed by atoms with Crippen molar-refractivity contribution in [2.45, 2.75) is 13.0 Å². The van der Waals surface area contributed by atoms with Crippen molar-refractivity contribution in [2.24, 2.45) is 0 Å². The Bertz CT molecular complexity index is 574. The topological polar surface area (TPSA) is 55.1 Å². The summed E-state index contributed by atoms with van der Waals surface area (Å²) in [6.45, 7) is 5.50. The number of hydrogen-bond donors (Lipinski definition) is 2. The van der Waals surface area contributed by atoms with Gasteiger partial charge < -0.3 is 11.1 Å². The number of nitrogen functional groups attached to an aromatic ring is 1. The van der Waals surface area contributed by atoms with Crippen LogP contribution in [-0.2, 0) is 0 Å². The summed E-state index contributed by atoms with van der Waals surface area (Å²) in [7, 11) is 0. The van der Waals surface area contributed by atoms with Crippen LogP contribution in [0.15, 0.2) is 36.9 Å². The average Bonchev–Trinajstić information content (AvgIpc) is 2.67. The maximum absolute atomic E-state index is 12.0. The Morgan fingerprint density at radius 3 is 2.88 bits per heavy atom.